The number of piperidine rings is 1. The minimum Gasteiger partial charge on any atom is -0.360 e. The lowest BCUT2D eigenvalue weighted by Gasteiger charge is -2.31. The van der Waals surface area contributed by atoms with Crippen LogP contribution in [0.3, 0.4) is 0 Å². The molecule has 3 aromatic rings. The molecular formula is C21H22FN5O3. The maximum atomic E-state index is 13.1. The maximum Gasteiger partial charge on any atom is 0.272 e. The van der Waals surface area contributed by atoms with Gasteiger partial charge in [0.25, 0.3) is 5.91 Å². The fourth-order valence-electron chi connectivity index (χ4n) is 3.59. The van der Waals surface area contributed by atoms with Crippen molar-refractivity contribution in [2.24, 2.45) is 13.0 Å². The van der Waals surface area contributed by atoms with Gasteiger partial charge in [-0.1, -0.05) is 5.16 Å². The summed E-state index contributed by atoms with van der Waals surface area (Å²) in [6.07, 6.45) is 1.13. The summed E-state index contributed by atoms with van der Waals surface area (Å²) in [5.41, 5.74) is 1.80. The van der Waals surface area contributed by atoms with Crippen molar-refractivity contribution in [1.82, 2.24) is 19.8 Å². The zero-order valence-electron chi connectivity index (χ0n) is 16.8. The number of carbonyl (C=O) groups excluding carboxylic acids is 2. The van der Waals surface area contributed by atoms with Crippen molar-refractivity contribution in [3.8, 4) is 11.3 Å². The van der Waals surface area contributed by atoms with E-state index in [1.54, 1.807) is 43.1 Å². The third-order valence-electron chi connectivity index (χ3n) is 5.27. The van der Waals surface area contributed by atoms with Crippen molar-refractivity contribution in [3.05, 3.63) is 53.7 Å². The quantitative estimate of drug-likeness (QED) is 0.712. The van der Waals surface area contributed by atoms with Crippen LogP contribution in [-0.2, 0) is 11.8 Å². The van der Waals surface area contributed by atoms with Gasteiger partial charge < -0.3 is 14.7 Å². The van der Waals surface area contributed by atoms with Crippen molar-refractivity contribution in [3.63, 3.8) is 0 Å². The number of amides is 2. The number of likely N-dealkylation sites (tertiary alicyclic amines) is 1. The van der Waals surface area contributed by atoms with Gasteiger partial charge in [0.2, 0.25) is 5.91 Å². The first-order valence-corrected chi connectivity index (χ1v) is 9.74. The Bertz CT molecular complexity index is 1060. The smallest absolute Gasteiger partial charge is 0.272 e. The van der Waals surface area contributed by atoms with Gasteiger partial charge >= 0.3 is 0 Å². The Balaban J connectivity index is 1.38. The summed E-state index contributed by atoms with van der Waals surface area (Å²) in [6.45, 7) is 2.71. The van der Waals surface area contributed by atoms with Gasteiger partial charge in [-0.2, -0.15) is 5.10 Å². The molecule has 0 bridgehead atoms. The monoisotopic (exact) mass is 411 g/mol. The van der Waals surface area contributed by atoms with Crippen LogP contribution in [0.5, 0.6) is 0 Å². The number of nitrogens with one attached hydrogen (secondary N) is 1. The molecule has 1 aromatic carbocycles. The van der Waals surface area contributed by atoms with E-state index in [1.807, 2.05) is 0 Å². The van der Waals surface area contributed by atoms with Crippen LogP contribution in [0.25, 0.3) is 11.3 Å². The second-order valence-electron chi connectivity index (χ2n) is 7.42. The van der Waals surface area contributed by atoms with E-state index in [2.05, 4.69) is 15.6 Å². The van der Waals surface area contributed by atoms with Gasteiger partial charge in [0.05, 0.1) is 5.69 Å². The van der Waals surface area contributed by atoms with Crippen LogP contribution in [0.4, 0.5) is 10.2 Å². The zero-order chi connectivity index (χ0) is 21.3. The number of aromatic nitrogens is 3. The second-order valence-corrected chi connectivity index (χ2v) is 7.42. The molecule has 2 aromatic heterocycles. The molecular weight excluding hydrogens is 389 g/mol. The Morgan fingerprint density at radius 3 is 2.50 bits per heavy atom. The number of hydrogen-bond acceptors (Lipinski definition) is 5. The van der Waals surface area contributed by atoms with Crippen LogP contribution >= 0.6 is 0 Å². The summed E-state index contributed by atoms with van der Waals surface area (Å²) in [5.74, 6) is 0.268. The summed E-state index contributed by atoms with van der Waals surface area (Å²) in [4.78, 5) is 27.1. The first kappa shape index (κ1) is 19.8. The lowest BCUT2D eigenvalue weighted by atomic mass is 9.95. The van der Waals surface area contributed by atoms with E-state index >= 15 is 0 Å². The largest absolute Gasteiger partial charge is 0.360 e. The maximum absolute atomic E-state index is 13.1. The molecule has 0 spiro atoms. The van der Waals surface area contributed by atoms with E-state index in [1.165, 1.54) is 16.8 Å². The Labute approximate surface area is 172 Å². The number of rotatable bonds is 4. The Kier molecular flexibility index (Phi) is 5.35. The summed E-state index contributed by atoms with van der Waals surface area (Å²) >= 11 is 0. The highest BCUT2D eigenvalue weighted by Crippen LogP contribution is 2.23. The van der Waals surface area contributed by atoms with Gasteiger partial charge in [-0.15, -0.1) is 0 Å². The van der Waals surface area contributed by atoms with E-state index in [4.69, 9.17) is 4.52 Å². The minimum absolute atomic E-state index is 0.116. The van der Waals surface area contributed by atoms with Crippen molar-refractivity contribution in [1.29, 1.82) is 0 Å². The van der Waals surface area contributed by atoms with E-state index in [0.29, 0.717) is 48.9 Å². The minimum atomic E-state index is -0.323. The molecule has 0 atom stereocenters. The molecule has 1 aliphatic rings. The summed E-state index contributed by atoms with van der Waals surface area (Å²) < 4.78 is 19.6. The molecule has 1 aliphatic heterocycles. The summed E-state index contributed by atoms with van der Waals surface area (Å²) in [6, 6.07) is 9.36. The van der Waals surface area contributed by atoms with Gasteiger partial charge in [-0.25, -0.2) is 4.39 Å². The van der Waals surface area contributed by atoms with Crippen LogP contribution in [0.2, 0.25) is 0 Å². The highest BCUT2D eigenvalue weighted by molar-refractivity contribution is 5.94. The van der Waals surface area contributed by atoms with E-state index in [0.717, 1.165) is 5.56 Å². The van der Waals surface area contributed by atoms with Crippen molar-refractivity contribution in [2.75, 3.05) is 18.4 Å². The molecule has 8 nitrogen and oxygen atoms in total. The Hall–Kier alpha value is -3.49. The predicted molar refractivity (Wildman–Crippen MR) is 107 cm³/mol. The predicted octanol–water partition coefficient (Wildman–Crippen LogP) is 3.01. The second kappa shape index (κ2) is 8.10. The normalized spacial score (nSPS) is 14.7. The molecule has 1 fully saturated rings. The van der Waals surface area contributed by atoms with E-state index in [9.17, 15) is 14.0 Å². The van der Waals surface area contributed by atoms with Gasteiger partial charge in [-0.05, 0) is 50.1 Å². The molecule has 3 heterocycles. The van der Waals surface area contributed by atoms with Crippen molar-refractivity contribution in [2.45, 2.75) is 19.8 Å². The third-order valence-corrected chi connectivity index (χ3v) is 5.27. The third kappa shape index (κ3) is 4.10. The van der Waals surface area contributed by atoms with Crippen LogP contribution in [0.1, 0.15) is 29.1 Å². The number of aryl methyl sites for hydroxylation is 2. The molecule has 0 aliphatic carbocycles. The molecule has 9 heteroatoms. The first-order valence-electron chi connectivity index (χ1n) is 9.74. The molecule has 0 unspecified atom stereocenters. The highest BCUT2D eigenvalue weighted by atomic mass is 19.1. The molecule has 1 N–H and O–H groups in total. The van der Waals surface area contributed by atoms with E-state index in [-0.39, 0.29) is 23.5 Å². The molecule has 2 amide bonds. The lowest BCUT2D eigenvalue weighted by Crippen LogP contribution is -2.42. The lowest BCUT2D eigenvalue weighted by molar-refractivity contribution is -0.121. The van der Waals surface area contributed by atoms with Crippen LogP contribution in [0.15, 0.2) is 40.9 Å². The topological polar surface area (TPSA) is 93.3 Å². The van der Waals surface area contributed by atoms with Crippen molar-refractivity contribution < 1.29 is 18.5 Å². The number of carbonyl (C=O) groups is 2. The zero-order valence-corrected chi connectivity index (χ0v) is 16.8. The van der Waals surface area contributed by atoms with Gasteiger partial charge in [0, 0.05) is 37.7 Å². The molecule has 156 valence electrons. The summed E-state index contributed by atoms with van der Waals surface area (Å²) in [7, 11) is 1.71. The number of nitrogens with zero attached hydrogens (tertiary/aromatic N) is 4. The molecule has 1 saturated heterocycles. The highest BCUT2D eigenvalue weighted by Gasteiger charge is 2.29. The van der Waals surface area contributed by atoms with Gasteiger partial charge in [0.15, 0.2) is 5.82 Å². The SMILES string of the molecule is Cc1cc(NC(=O)C2CCN(C(=O)c3cc(-c4ccc(F)cc4)nn3C)CC2)no1. The van der Waals surface area contributed by atoms with Gasteiger partial charge in [-0.3, -0.25) is 14.3 Å². The number of hydrogen-bond donors (Lipinski definition) is 1. The fraction of sp³-hybridized carbons (Fsp3) is 0.333. The molecule has 0 saturated carbocycles. The van der Waals surface area contributed by atoms with Gasteiger partial charge in [0.1, 0.15) is 17.3 Å². The number of benzene rings is 1. The fourth-order valence-corrected chi connectivity index (χ4v) is 3.59. The van der Waals surface area contributed by atoms with Crippen LogP contribution in [0, 0.1) is 18.7 Å². The average Bonchev–Trinajstić information content (AvgIpc) is 3.33. The Morgan fingerprint density at radius 1 is 1.17 bits per heavy atom. The number of anilines is 1. The molecule has 0 radical (unpaired) electrons. The van der Waals surface area contributed by atoms with E-state index < -0.39 is 0 Å². The first-order chi connectivity index (χ1) is 14.4. The molecule has 4 rings (SSSR count). The standard InChI is InChI=1S/C21H22FN5O3/c1-13-11-19(25-30-13)23-20(28)15-7-9-27(10-8-15)21(29)18-12-17(24-26(18)2)14-3-5-16(22)6-4-14/h3-6,11-12,15H,7-10H2,1-2H3,(H,23,25,28). The van der Waals surface area contributed by atoms with Crippen molar-refractivity contribution >= 4 is 17.6 Å². The van der Waals surface area contributed by atoms with Crippen LogP contribution < -0.4 is 5.32 Å². The van der Waals surface area contributed by atoms with Crippen LogP contribution in [-0.4, -0.2) is 44.7 Å². The summed E-state index contributed by atoms with van der Waals surface area (Å²) in [5, 5.41) is 10.9. The Morgan fingerprint density at radius 2 is 1.87 bits per heavy atom. The average molecular weight is 411 g/mol. The number of halogens is 1. The molecule has 30 heavy (non-hydrogen) atoms.